The van der Waals surface area contributed by atoms with Gasteiger partial charge in [-0.05, 0) is 15.9 Å². The zero-order valence-electron chi connectivity index (χ0n) is 5.32. The van der Waals surface area contributed by atoms with Gasteiger partial charge in [0.2, 0.25) is 5.95 Å². The molecule has 55 valence electrons. The van der Waals surface area contributed by atoms with Crippen molar-refractivity contribution in [2.75, 3.05) is 5.73 Å². The predicted octanol–water partition coefficient (Wildman–Crippen LogP) is 0.731. The van der Waals surface area contributed by atoms with Gasteiger partial charge in [-0.25, -0.2) is 15.3 Å². The summed E-state index contributed by atoms with van der Waals surface area (Å²) in [5.41, 5.74) is 6.00. The number of hydrogen-bond acceptors (Lipinski definition) is 4. The highest BCUT2D eigenvalue weighted by Gasteiger charge is 2.14. The third-order valence-corrected chi connectivity index (χ3v) is 1.76. The molecule has 1 aliphatic heterocycles. The summed E-state index contributed by atoms with van der Waals surface area (Å²) in [6.07, 6.45) is 1.42. The topological polar surface area (TPSA) is 78.3 Å². The first-order valence-electron chi connectivity index (χ1n) is 2.84. The van der Waals surface area contributed by atoms with Gasteiger partial charge >= 0.3 is 0 Å². The predicted molar refractivity (Wildman–Crippen MR) is 44.1 cm³/mol. The van der Waals surface area contributed by atoms with E-state index in [0.717, 1.165) is 0 Å². The quantitative estimate of drug-likeness (QED) is 0.645. The molecule has 2 heterocycles. The molecule has 0 fully saturated rings. The molecule has 2 rings (SSSR count). The van der Waals surface area contributed by atoms with E-state index in [1.54, 1.807) is 0 Å². The molecule has 0 aliphatic carbocycles. The van der Waals surface area contributed by atoms with Gasteiger partial charge < -0.3 is 5.73 Å². The fraction of sp³-hybridized carbons (Fsp3) is 0. The molecule has 0 saturated carbocycles. The summed E-state index contributed by atoms with van der Waals surface area (Å²) < 4.78 is 0.581. The summed E-state index contributed by atoms with van der Waals surface area (Å²) in [4.78, 5) is 11.6. The summed E-state index contributed by atoms with van der Waals surface area (Å²) in [6, 6.07) is 0. The van der Waals surface area contributed by atoms with Crippen molar-refractivity contribution in [3.8, 4) is 0 Å². The molecule has 1 aliphatic rings. The van der Waals surface area contributed by atoms with Gasteiger partial charge in [0.1, 0.15) is 16.6 Å². The Bertz CT molecular complexity index is 334. The molecule has 1 aromatic heterocycles. The first-order chi connectivity index (χ1) is 5.27. The molecular formula is C5H3BrN5. The SMILES string of the molecule is Nc1nc(Br)c2c(n1)[N]C=N2. The fourth-order valence-electron chi connectivity index (χ4n) is 0.775. The second-order valence-electron chi connectivity index (χ2n) is 1.92. The van der Waals surface area contributed by atoms with Crippen LogP contribution in [0.2, 0.25) is 0 Å². The van der Waals surface area contributed by atoms with E-state index in [4.69, 9.17) is 5.73 Å². The second-order valence-corrected chi connectivity index (χ2v) is 2.67. The number of aliphatic imine (C=N–C) groups is 1. The lowest BCUT2D eigenvalue weighted by molar-refractivity contribution is 1.12. The van der Waals surface area contributed by atoms with Gasteiger partial charge in [-0.2, -0.15) is 4.98 Å². The van der Waals surface area contributed by atoms with Crippen LogP contribution in [0.4, 0.5) is 17.5 Å². The third-order valence-electron chi connectivity index (χ3n) is 1.21. The molecule has 11 heavy (non-hydrogen) atoms. The number of anilines is 1. The fourth-order valence-corrected chi connectivity index (χ4v) is 1.24. The minimum absolute atomic E-state index is 0.199. The van der Waals surface area contributed by atoms with Gasteiger partial charge in [0, 0.05) is 0 Å². The Kier molecular flexibility index (Phi) is 1.28. The van der Waals surface area contributed by atoms with Gasteiger partial charge in [-0.1, -0.05) is 0 Å². The standard InChI is InChI=1S/C5H3BrN5/c6-3-2-4(9-1-8-2)11-5(7)10-3/h1H,(H2,7,10,11). The molecule has 1 radical (unpaired) electrons. The van der Waals surface area contributed by atoms with E-state index in [9.17, 15) is 0 Å². The number of nitrogen functional groups attached to an aromatic ring is 1. The molecule has 2 N–H and O–H groups in total. The first-order valence-corrected chi connectivity index (χ1v) is 3.63. The summed E-state index contributed by atoms with van der Waals surface area (Å²) in [7, 11) is 0. The van der Waals surface area contributed by atoms with Crippen LogP contribution in [-0.2, 0) is 0 Å². The van der Waals surface area contributed by atoms with Crippen LogP contribution in [-0.4, -0.2) is 16.3 Å². The van der Waals surface area contributed by atoms with Crippen LogP contribution in [0.15, 0.2) is 9.60 Å². The third kappa shape index (κ3) is 0.949. The maximum absolute atomic E-state index is 5.36. The zero-order valence-corrected chi connectivity index (χ0v) is 6.91. The molecule has 6 heteroatoms. The lowest BCUT2D eigenvalue weighted by Gasteiger charge is -1.97. The van der Waals surface area contributed by atoms with E-state index in [-0.39, 0.29) is 5.95 Å². The highest BCUT2D eigenvalue weighted by atomic mass is 79.9. The Hall–Kier alpha value is -1.17. The molecule has 0 amide bonds. The maximum Gasteiger partial charge on any atom is 0.223 e. The van der Waals surface area contributed by atoms with E-state index < -0.39 is 0 Å². The number of nitrogens with two attached hydrogens (primary N) is 1. The molecule has 0 atom stereocenters. The average Bonchev–Trinajstić information content (AvgIpc) is 2.34. The Morgan fingerprint density at radius 1 is 1.36 bits per heavy atom. The van der Waals surface area contributed by atoms with Gasteiger partial charge in [-0.3, -0.25) is 0 Å². The van der Waals surface area contributed by atoms with Crippen molar-refractivity contribution < 1.29 is 0 Å². The van der Waals surface area contributed by atoms with Crippen LogP contribution in [0, 0.1) is 0 Å². The molecule has 0 spiro atoms. The number of nitrogens with zero attached hydrogens (tertiary/aromatic N) is 4. The molecule has 5 nitrogen and oxygen atoms in total. The number of rotatable bonds is 0. The maximum atomic E-state index is 5.36. The largest absolute Gasteiger partial charge is 0.368 e. The van der Waals surface area contributed by atoms with Crippen molar-refractivity contribution in [1.82, 2.24) is 15.3 Å². The number of hydrogen-bond donors (Lipinski definition) is 1. The van der Waals surface area contributed by atoms with Crippen LogP contribution in [0.25, 0.3) is 0 Å². The van der Waals surface area contributed by atoms with Crippen molar-refractivity contribution in [1.29, 1.82) is 0 Å². The lowest BCUT2D eigenvalue weighted by atomic mass is 10.5. The molecular weight excluding hydrogens is 210 g/mol. The van der Waals surface area contributed by atoms with Gasteiger partial charge in [-0.15, -0.1) is 0 Å². The smallest absolute Gasteiger partial charge is 0.223 e. The highest BCUT2D eigenvalue weighted by Crippen LogP contribution is 2.33. The Morgan fingerprint density at radius 2 is 2.18 bits per heavy atom. The molecule has 1 aromatic rings. The minimum atomic E-state index is 0.199. The van der Waals surface area contributed by atoms with Crippen LogP contribution >= 0.6 is 15.9 Å². The zero-order chi connectivity index (χ0) is 7.84. The minimum Gasteiger partial charge on any atom is -0.368 e. The van der Waals surface area contributed by atoms with E-state index in [1.165, 1.54) is 6.34 Å². The Morgan fingerprint density at radius 3 is 3.00 bits per heavy atom. The molecule has 0 bridgehead atoms. The van der Waals surface area contributed by atoms with E-state index >= 15 is 0 Å². The van der Waals surface area contributed by atoms with Crippen molar-refractivity contribution in [3.05, 3.63) is 4.60 Å². The van der Waals surface area contributed by atoms with Crippen molar-refractivity contribution in [3.63, 3.8) is 0 Å². The van der Waals surface area contributed by atoms with E-state index in [0.29, 0.717) is 16.1 Å². The molecule has 0 unspecified atom stereocenters. The van der Waals surface area contributed by atoms with Crippen molar-refractivity contribution in [2.45, 2.75) is 0 Å². The van der Waals surface area contributed by atoms with Gasteiger partial charge in [0.05, 0.1) is 0 Å². The van der Waals surface area contributed by atoms with Crippen molar-refractivity contribution >= 4 is 39.7 Å². The number of halogens is 1. The van der Waals surface area contributed by atoms with Crippen LogP contribution in [0.3, 0.4) is 0 Å². The number of aromatic nitrogens is 2. The first kappa shape index (κ1) is 6.53. The summed E-state index contributed by atoms with van der Waals surface area (Å²) in [5, 5.41) is 3.87. The monoisotopic (exact) mass is 212 g/mol. The van der Waals surface area contributed by atoms with Crippen LogP contribution < -0.4 is 11.1 Å². The summed E-state index contributed by atoms with van der Waals surface area (Å²) in [5.74, 6) is 0.717. The normalized spacial score (nSPS) is 12.8. The van der Waals surface area contributed by atoms with Gasteiger partial charge in [0.15, 0.2) is 5.82 Å². The van der Waals surface area contributed by atoms with Gasteiger partial charge in [0.25, 0.3) is 0 Å². The number of fused-ring (bicyclic) bond motifs is 1. The van der Waals surface area contributed by atoms with Crippen LogP contribution in [0.5, 0.6) is 0 Å². The van der Waals surface area contributed by atoms with Crippen LogP contribution in [0.1, 0.15) is 0 Å². The van der Waals surface area contributed by atoms with Crippen molar-refractivity contribution in [2.24, 2.45) is 4.99 Å². The summed E-state index contributed by atoms with van der Waals surface area (Å²) in [6.45, 7) is 0. The Balaban J connectivity index is 2.67. The average molecular weight is 213 g/mol. The highest BCUT2D eigenvalue weighted by molar-refractivity contribution is 9.10. The molecule has 0 aromatic carbocycles. The van der Waals surface area contributed by atoms with E-state index in [2.05, 4.69) is 36.2 Å². The molecule has 0 saturated heterocycles. The summed E-state index contributed by atoms with van der Waals surface area (Å²) >= 11 is 3.19. The lowest BCUT2D eigenvalue weighted by Crippen LogP contribution is -1.97. The van der Waals surface area contributed by atoms with E-state index in [1.807, 2.05) is 0 Å². The second kappa shape index (κ2) is 2.16. The Labute approximate surface area is 70.9 Å².